The zero-order chi connectivity index (χ0) is 12.3. The van der Waals surface area contributed by atoms with E-state index in [1.54, 1.807) is 18.2 Å². The van der Waals surface area contributed by atoms with E-state index in [0.29, 0.717) is 0 Å². The van der Waals surface area contributed by atoms with Crippen molar-refractivity contribution in [3.05, 3.63) is 59.3 Å². The van der Waals surface area contributed by atoms with E-state index in [9.17, 15) is 5.21 Å². The molecule has 88 valence electrons. The lowest BCUT2D eigenvalue weighted by Crippen LogP contribution is -2.07. The van der Waals surface area contributed by atoms with Gasteiger partial charge in [0.1, 0.15) is 0 Å². The van der Waals surface area contributed by atoms with Gasteiger partial charge in [0, 0.05) is 9.79 Å². The zero-order valence-electron chi connectivity index (χ0n) is 9.33. The van der Waals surface area contributed by atoms with E-state index in [1.165, 1.54) is 17.3 Å². The molecule has 2 aromatic carbocycles. The number of hydrogen-bond acceptors (Lipinski definition) is 4. The van der Waals surface area contributed by atoms with Crippen LogP contribution in [0, 0.1) is 12.1 Å². The summed E-state index contributed by atoms with van der Waals surface area (Å²) in [5.41, 5.74) is 1.45. The summed E-state index contributed by atoms with van der Waals surface area (Å²) in [6, 6.07) is 15.0. The molecule has 17 heavy (non-hydrogen) atoms. The van der Waals surface area contributed by atoms with Crippen LogP contribution >= 0.6 is 11.8 Å². The maximum Gasteiger partial charge on any atom is 0.0648 e. The number of anilines is 1. The lowest BCUT2D eigenvalue weighted by molar-refractivity contribution is 0.294. The van der Waals surface area contributed by atoms with Gasteiger partial charge in [-0.2, -0.15) is 0 Å². The van der Waals surface area contributed by atoms with Gasteiger partial charge in [0.2, 0.25) is 0 Å². The number of benzene rings is 2. The van der Waals surface area contributed by atoms with E-state index in [2.05, 4.69) is 0 Å². The Kier molecular flexibility index (Phi) is 3.68. The molecule has 0 aliphatic rings. The molecule has 0 atom stereocenters. The van der Waals surface area contributed by atoms with Gasteiger partial charge in [-0.1, -0.05) is 41.6 Å². The van der Waals surface area contributed by atoms with Crippen LogP contribution in [0.5, 0.6) is 0 Å². The van der Waals surface area contributed by atoms with Crippen LogP contribution in [0.1, 0.15) is 5.56 Å². The highest BCUT2D eigenvalue weighted by Crippen LogP contribution is 2.34. The Balaban J connectivity index is 2.26. The minimum absolute atomic E-state index is 0.101. The van der Waals surface area contributed by atoms with Crippen LogP contribution in [-0.2, 0) is 0 Å². The summed E-state index contributed by atoms with van der Waals surface area (Å²) >= 11 is 1.45. The van der Waals surface area contributed by atoms with Gasteiger partial charge in [-0.25, -0.2) is 0 Å². The van der Waals surface area contributed by atoms with Crippen molar-refractivity contribution in [3.63, 3.8) is 0 Å². The first-order valence-electron chi connectivity index (χ1n) is 5.16. The average molecular weight is 246 g/mol. The van der Waals surface area contributed by atoms with Gasteiger partial charge in [-0.3, -0.25) is 5.21 Å². The Hall–Kier alpha value is -1.49. The summed E-state index contributed by atoms with van der Waals surface area (Å²) in [6.07, 6.45) is 0. The van der Waals surface area contributed by atoms with Crippen molar-refractivity contribution < 1.29 is 5.21 Å². The fraction of sp³-hybridized carbons (Fsp3) is 0.0769. The zero-order valence-corrected chi connectivity index (χ0v) is 10.1. The smallest absolute Gasteiger partial charge is 0.0648 e. The Labute approximate surface area is 104 Å². The van der Waals surface area contributed by atoms with Crippen molar-refractivity contribution in [2.75, 3.05) is 5.23 Å². The molecule has 3 nitrogen and oxygen atoms in total. The molecular weight excluding hydrogens is 234 g/mol. The minimum Gasteiger partial charge on any atom is -0.733 e. The molecule has 0 bridgehead atoms. The Morgan fingerprint density at radius 3 is 2.35 bits per heavy atom. The van der Waals surface area contributed by atoms with Crippen molar-refractivity contribution in [2.45, 2.75) is 16.7 Å². The molecule has 0 heterocycles. The first-order valence-corrected chi connectivity index (χ1v) is 5.98. The van der Waals surface area contributed by atoms with E-state index in [4.69, 9.17) is 5.21 Å². The Bertz CT molecular complexity index is 497. The number of para-hydroxylation sites is 1. The summed E-state index contributed by atoms with van der Waals surface area (Å²) in [7, 11) is 0. The molecule has 0 fully saturated rings. The molecule has 0 aromatic heterocycles. The molecule has 0 saturated heterocycles. The summed E-state index contributed by atoms with van der Waals surface area (Å²) in [6.45, 7) is 2.02. The predicted octanol–water partition coefficient (Wildman–Crippen LogP) is 3.84. The largest absolute Gasteiger partial charge is 0.733 e. The minimum atomic E-state index is -0.101. The van der Waals surface area contributed by atoms with E-state index >= 15 is 0 Å². The first kappa shape index (κ1) is 12.0. The molecule has 0 aliphatic heterocycles. The van der Waals surface area contributed by atoms with Crippen LogP contribution in [0.15, 0.2) is 58.3 Å². The van der Waals surface area contributed by atoms with Crippen molar-refractivity contribution in [1.29, 1.82) is 0 Å². The van der Waals surface area contributed by atoms with E-state index < -0.39 is 0 Å². The van der Waals surface area contributed by atoms with Crippen molar-refractivity contribution in [1.82, 2.24) is 0 Å². The summed E-state index contributed by atoms with van der Waals surface area (Å²) in [5.74, 6) is 0. The fourth-order valence-electron chi connectivity index (χ4n) is 1.43. The molecule has 0 radical (unpaired) electrons. The van der Waals surface area contributed by atoms with Crippen LogP contribution in [0.25, 0.3) is 0 Å². The van der Waals surface area contributed by atoms with Gasteiger partial charge in [0.25, 0.3) is 0 Å². The highest BCUT2D eigenvalue weighted by molar-refractivity contribution is 7.99. The molecule has 0 amide bonds. The standard InChI is InChI=1S/C13H12NO2S/c1-10-6-8-11(9-7-10)17-13-5-3-2-4-12(13)14(15)16/h2-9,15H,1H3/q-1. The summed E-state index contributed by atoms with van der Waals surface area (Å²) in [5, 5.41) is 19.9. The van der Waals surface area contributed by atoms with Crippen molar-refractivity contribution >= 4 is 17.4 Å². The highest BCUT2D eigenvalue weighted by Gasteiger charge is 2.04. The van der Waals surface area contributed by atoms with Gasteiger partial charge >= 0.3 is 0 Å². The lowest BCUT2D eigenvalue weighted by Gasteiger charge is -2.24. The first-order chi connectivity index (χ1) is 8.16. The molecule has 0 saturated carbocycles. The van der Waals surface area contributed by atoms with Gasteiger partial charge < -0.3 is 10.4 Å². The quantitative estimate of drug-likeness (QED) is 0.836. The van der Waals surface area contributed by atoms with E-state index in [1.807, 2.05) is 37.3 Å². The van der Waals surface area contributed by atoms with Crippen LogP contribution in [-0.4, -0.2) is 5.21 Å². The third kappa shape index (κ3) is 3.00. The van der Waals surface area contributed by atoms with Gasteiger partial charge in [0.05, 0.1) is 5.69 Å². The van der Waals surface area contributed by atoms with E-state index in [0.717, 1.165) is 9.79 Å². The van der Waals surface area contributed by atoms with E-state index in [-0.39, 0.29) is 10.9 Å². The Morgan fingerprint density at radius 2 is 1.71 bits per heavy atom. The number of hydrogen-bond donors (Lipinski definition) is 1. The molecule has 2 aromatic rings. The van der Waals surface area contributed by atoms with Crippen LogP contribution < -0.4 is 5.23 Å². The summed E-state index contributed by atoms with van der Waals surface area (Å²) in [4.78, 5) is 1.76. The normalized spacial score (nSPS) is 10.3. The lowest BCUT2D eigenvalue weighted by atomic mass is 10.2. The third-order valence-corrected chi connectivity index (χ3v) is 3.39. The number of nitrogens with zero attached hydrogens (tertiary/aromatic N) is 1. The number of aryl methyl sites for hydroxylation is 1. The predicted molar refractivity (Wildman–Crippen MR) is 69.4 cm³/mol. The second-order valence-corrected chi connectivity index (χ2v) is 4.77. The van der Waals surface area contributed by atoms with Crippen LogP contribution in [0.4, 0.5) is 5.69 Å². The summed E-state index contributed by atoms with van der Waals surface area (Å²) < 4.78 is 0. The number of rotatable bonds is 3. The molecule has 1 N–H and O–H groups in total. The molecule has 0 unspecified atom stereocenters. The molecule has 4 heteroatoms. The molecule has 0 spiro atoms. The average Bonchev–Trinajstić information content (AvgIpc) is 2.32. The van der Waals surface area contributed by atoms with Gasteiger partial charge in [-0.05, 0) is 31.2 Å². The fourth-order valence-corrected chi connectivity index (χ4v) is 2.36. The maximum atomic E-state index is 11.0. The maximum absolute atomic E-state index is 11.0. The molecule has 0 aliphatic carbocycles. The van der Waals surface area contributed by atoms with Gasteiger partial charge in [-0.15, -0.1) is 0 Å². The topological polar surface area (TPSA) is 46.5 Å². The Morgan fingerprint density at radius 1 is 1.06 bits per heavy atom. The van der Waals surface area contributed by atoms with Crippen LogP contribution in [0.2, 0.25) is 0 Å². The molecular formula is C13H12NO2S-. The molecule has 2 rings (SSSR count). The highest BCUT2D eigenvalue weighted by atomic mass is 32.2. The van der Waals surface area contributed by atoms with Crippen molar-refractivity contribution in [3.8, 4) is 0 Å². The van der Waals surface area contributed by atoms with Gasteiger partial charge in [0.15, 0.2) is 0 Å². The monoisotopic (exact) mass is 246 g/mol. The second-order valence-electron chi connectivity index (χ2n) is 3.66. The van der Waals surface area contributed by atoms with Crippen molar-refractivity contribution in [2.24, 2.45) is 0 Å². The third-order valence-electron chi connectivity index (χ3n) is 2.32. The SMILES string of the molecule is Cc1ccc(Sc2ccccc2N([O-])O)cc1. The van der Waals surface area contributed by atoms with Crippen LogP contribution in [0.3, 0.4) is 0 Å². The second kappa shape index (κ2) is 5.23.